The number of carbonyl (C=O) groups excluding carboxylic acids is 1. The Hall–Kier alpha value is -2.00. The number of rotatable bonds is 7. The quantitative estimate of drug-likeness (QED) is 0.379. The minimum absolute atomic E-state index is 0.325. The second-order valence-corrected chi connectivity index (χ2v) is 8.48. The van der Waals surface area contributed by atoms with E-state index in [1.54, 1.807) is 24.3 Å². The number of nitrogens with zero attached hydrogens (tertiary/aromatic N) is 2. The van der Waals surface area contributed by atoms with E-state index in [9.17, 15) is 4.79 Å². The number of amides is 1. The molecule has 3 aromatic rings. The number of ether oxygens (including phenoxy) is 2. The summed E-state index contributed by atoms with van der Waals surface area (Å²) in [6.07, 6.45) is 0. The molecule has 0 radical (unpaired) electrons. The molecule has 146 valence electrons. The minimum atomic E-state index is -0.325. The van der Waals surface area contributed by atoms with Crippen molar-refractivity contribution in [1.29, 1.82) is 0 Å². The van der Waals surface area contributed by atoms with E-state index in [1.165, 1.54) is 37.3 Å². The van der Waals surface area contributed by atoms with Crippen LogP contribution in [0.3, 0.4) is 0 Å². The van der Waals surface area contributed by atoms with Crippen molar-refractivity contribution in [2.75, 3.05) is 19.5 Å². The Morgan fingerprint density at radius 1 is 1.07 bits per heavy atom. The Kier molecular flexibility index (Phi) is 7.01. The number of halogens is 2. The van der Waals surface area contributed by atoms with Crippen LogP contribution in [-0.4, -0.2) is 30.3 Å². The lowest BCUT2D eigenvalue weighted by molar-refractivity contribution is 0.102. The molecule has 28 heavy (non-hydrogen) atoms. The van der Waals surface area contributed by atoms with Crippen molar-refractivity contribution in [3.8, 4) is 11.5 Å². The van der Waals surface area contributed by atoms with Gasteiger partial charge < -0.3 is 9.47 Å². The van der Waals surface area contributed by atoms with E-state index in [4.69, 9.17) is 32.7 Å². The zero-order valence-electron chi connectivity index (χ0n) is 14.9. The van der Waals surface area contributed by atoms with Gasteiger partial charge >= 0.3 is 0 Å². The fourth-order valence-corrected chi connectivity index (χ4v) is 4.21. The average Bonchev–Trinajstić information content (AvgIpc) is 3.15. The van der Waals surface area contributed by atoms with Gasteiger partial charge in [-0.25, -0.2) is 0 Å². The Bertz CT molecular complexity index is 976. The Morgan fingerprint density at radius 2 is 1.79 bits per heavy atom. The summed E-state index contributed by atoms with van der Waals surface area (Å²) in [5, 5.41) is 12.3. The summed E-state index contributed by atoms with van der Waals surface area (Å²) in [6, 6.07) is 10.4. The first-order valence-corrected chi connectivity index (χ1v) is 10.5. The molecule has 1 heterocycles. The van der Waals surface area contributed by atoms with Crippen LogP contribution in [0.1, 0.15) is 15.9 Å². The van der Waals surface area contributed by atoms with Crippen LogP contribution < -0.4 is 14.8 Å². The zero-order chi connectivity index (χ0) is 20.1. The van der Waals surface area contributed by atoms with Gasteiger partial charge in [-0.3, -0.25) is 10.1 Å². The highest BCUT2D eigenvalue weighted by molar-refractivity contribution is 8.00. The van der Waals surface area contributed by atoms with E-state index in [-0.39, 0.29) is 5.91 Å². The SMILES string of the molecule is COc1cc(OC)cc(C(=O)Nc2nnc(SCc3ccc(Cl)c(Cl)c3)s2)c1. The van der Waals surface area contributed by atoms with Crippen molar-refractivity contribution in [2.45, 2.75) is 10.1 Å². The molecule has 10 heteroatoms. The van der Waals surface area contributed by atoms with Crippen LogP contribution in [0.25, 0.3) is 0 Å². The van der Waals surface area contributed by atoms with Crippen LogP contribution in [0.5, 0.6) is 11.5 Å². The summed E-state index contributed by atoms with van der Waals surface area (Å²) in [4.78, 5) is 12.5. The molecular weight excluding hydrogens is 441 g/mol. The molecule has 0 saturated heterocycles. The van der Waals surface area contributed by atoms with Crippen molar-refractivity contribution < 1.29 is 14.3 Å². The number of nitrogens with one attached hydrogen (secondary N) is 1. The fraction of sp³-hybridized carbons (Fsp3) is 0.167. The van der Waals surface area contributed by atoms with E-state index >= 15 is 0 Å². The number of anilines is 1. The number of aromatic nitrogens is 2. The number of hydrogen-bond acceptors (Lipinski definition) is 7. The van der Waals surface area contributed by atoms with Crippen LogP contribution in [0, 0.1) is 0 Å². The summed E-state index contributed by atoms with van der Waals surface area (Å²) >= 11 is 14.7. The predicted molar refractivity (Wildman–Crippen MR) is 113 cm³/mol. The molecule has 0 saturated carbocycles. The Labute approximate surface area is 180 Å². The lowest BCUT2D eigenvalue weighted by Gasteiger charge is -2.07. The largest absolute Gasteiger partial charge is 0.497 e. The number of thioether (sulfide) groups is 1. The lowest BCUT2D eigenvalue weighted by atomic mass is 10.2. The molecule has 0 bridgehead atoms. The van der Waals surface area contributed by atoms with Gasteiger partial charge in [0.2, 0.25) is 5.13 Å². The zero-order valence-corrected chi connectivity index (χ0v) is 18.0. The number of carbonyl (C=O) groups is 1. The molecule has 0 aliphatic carbocycles. The fourth-order valence-electron chi connectivity index (χ4n) is 2.20. The van der Waals surface area contributed by atoms with Crippen LogP contribution >= 0.6 is 46.3 Å². The first-order valence-electron chi connectivity index (χ1n) is 7.93. The maximum absolute atomic E-state index is 12.5. The second-order valence-electron chi connectivity index (χ2n) is 5.47. The third-order valence-corrected chi connectivity index (χ3v) is 6.37. The van der Waals surface area contributed by atoms with Gasteiger partial charge in [0.05, 0.1) is 24.3 Å². The molecule has 1 N–H and O–H groups in total. The van der Waals surface area contributed by atoms with E-state index in [2.05, 4.69) is 15.5 Å². The lowest BCUT2D eigenvalue weighted by Crippen LogP contribution is -2.12. The first-order chi connectivity index (χ1) is 13.5. The molecule has 1 amide bonds. The highest BCUT2D eigenvalue weighted by atomic mass is 35.5. The standard InChI is InChI=1S/C18H15Cl2N3O3S2/c1-25-12-6-11(7-13(8-12)26-2)16(24)21-17-22-23-18(28-17)27-9-10-3-4-14(19)15(20)5-10/h3-8H,9H2,1-2H3,(H,21,22,24). The second kappa shape index (κ2) is 9.47. The highest BCUT2D eigenvalue weighted by Crippen LogP contribution is 2.31. The first kappa shape index (κ1) is 20.7. The van der Waals surface area contributed by atoms with Gasteiger partial charge in [-0.2, -0.15) is 0 Å². The summed E-state index contributed by atoms with van der Waals surface area (Å²) in [6.45, 7) is 0. The van der Waals surface area contributed by atoms with Gasteiger partial charge in [-0.1, -0.05) is 52.4 Å². The van der Waals surface area contributed by atoms with E-state index in [1.807, 2.05) is 12.1 Å². The summed E-state index contributed by atoms with van der Waals surface area (Å²) in [5.41, 5.74) is 1.42. The molecule has 1 aromatic heterocycles. The summed E-state index contributed by atoms with van der Waals surface area (Å²) < 4.78 is 11.1. The molecule has 2 aromatic carbocycles. The molecule has 0 aliphatic rings. The van der Waals surface area contributed by atoms with Crippen molar-refractivity contribution >= 4 is 57.3 Å². The molecule has 0 spiro atoms. The van der Waals surface area contributed by atoms with E-state index in [0.717, 1.165) is 9.90 Å². The number of benzene rings is 2. The molecule has 6 nitrogen and oxygen atoms in total. The van der Waals surface area contributed by atoms with Crippen LogP contribution in [0.4, 0.5) is 5.13 Å². The average molecular weight is 456 g/mol. The number of hydrogen-bond donors (Lipinski definition) is 1. The molecule has 0 fully saturated rings. The van der Waals surface area contributed by atoms with Crippen molar-refractivity contribution in [3.63, 3.8) is 0 Å². The van der Waals surface area contributed by atoms with Crippen LogP contribution in [-0.2, 0) is 5.75 Å². The van der Waals surface area contributed by atoms with E-state index < -0.39 is 0 Å². The third-order valence-electron chi connectivity index (χ3n) is 3.59. The van der Waals surface area contributed by atoms with Gasteiger partial charge in [0.1, 0.15) is 11.5 Å². The van der Waals surface area contributed by atoms with Gasteiger partial charge in [-0.15, -0.1) is 10.2 Å². The topological polar surface area (TPSA) is 73.3 Å². The van der Waals surface area contributed by atoms with Crippen molar-refractivity contribution in [3.05, 3.63) is 57.6 Å². The summed E-state index contributed by atoms with van der Waals surface area (Å²) in [7, 11) is 3.05. The van der Waals surface area contributed by atoms with Crippen LogP contribution in [0.2, 0.25) is 10.0 Å². The smallest absolute Gasteiger partial charge is 0.257 e. The van der Waals surface area contributed by atoms with E-state index in [0.29, 0.717) is 38.0 Å². The molecule has 0 atom stereocenters. The maximum Gasteiger partial charge on any atom is 0.257 e. The van der Waals surface area contributed by atoms with Crippen molar-refractivity contribution in [1.82, 2.24) is 10.2 Å². The highest BCUT2D eigenvalue weighted by Gasteiger charge is 2.13. The monoisotopic (exact) mass is 455 g/mol. The molecule has 3 rings (SSSR count). The maximum atomic E-state index is 12.5. The number of methoxy groups -OCH3 is 2. The summed E-state index contributed by atoms with van der Waals surface area (Å²) in [5.74, 6) is 1.39. The Balaban J connectivity index is 1.64. The molecule has 0 unspecified atom stereocenters. The normalized spacial score (nSPS) is 10.6. The van der Waals surface area contributed by atoms with Gasteiger partial charge in [0, 0.05) is 17.4 Å². The van der Waals surface area contributed by atoms with Gasteiger partial charge in [0.25, 0.3) is 5.91 Å². The van der Waals surface area contributed by atoms with Gasteiger partial charge in [0.15, 0.2) is 4.34 Å². The third kappa shape index (κ3) is 5.29. The Morgan fingerprint density at radius 3 is 2.43 bits per heavy atom. The van der Waals surface area contributed by atoms with Crippen LogP contribution in [0.15, 0.2) is 40.7 Å². The molecular formula is C18H15Cl2N3O3S2. The predicted octanol–water partition coefficient (Wildman–Crippen LogP) is 5.41. The minimum Gasteiger partial charge on any atom is -0.497 e. The van der Waals surface area contributed by atoms with Gasteiger partial charge in [-0.05, 0) is 29.8 Å². The van der Waals surface area contributed by atoms with Crippen molar-refractivity contribution in [2.24, 2.45) is 0 Å². The molecule has 0 aliphatic heterocycles.